The van der Waals surface area contributed by atoms with E-state index in [1.54, 1.807) is 0 Å². The van der Waals surface area contributed by atoms with E-state index in [0.29, 0.717) is 10.0 Å². The van der Waals surface area contributed by atoms with Crippen molar-refractivity contribution in [2.45, 2.75) is 0 Å². The van der Waals surface area contributed by atoms with E-state index in [1.807, 2.05) is 0 Å². The van der Waals surface area contributed by atoms with Gasteiger partial charge in [0.1, 0.15) is 0 Å². The third-order valence-corrected chi connectivity index (χ3v) is 3.45. The molecule has 22 heavy (non-hydrogen) atoms. The van der Waals surface area contributed by atoms with Crippen LogP contribution in [0.2, 0.25) is 20.1 Å². The molecule has 0 radical (unpaired) electrons. The molecule has 0 aliphatic heterocycles. The summed E-state index contributed by atoms with van der Waals surface area (Å²) in [5.74, 6) is -2.14. The maximum atomic E-state index is 10.4. The summed E-state index contributed by atoms with van der Waals surface area (Å²) in [5, 5.41) is 18.2. The van der Waals surface area contributed by atoms with Crippen LogP contribution in [0.5, 0.6) is 0 Å². The van der Waals surface area contributed by atoms with Gasteiger partial charge in [-0.15, -0.1) is 0 Å². The molecule has 0 aromatic heterocycles. The van der Waals surface area contributed by atoms with Gasteiger partial charge in [-0.1, -0.05) is 46.4 Å². The topological polar surface area (TPSA) is 74.6 Å². The lowest BCUT2D eigenvalue weighted by Gasteiger charge is -1.97. The Labute approximate surface area is 145 Å². The van der Waals surface area contributed by atoms with Crippen molar-refractivity contribution < 1.29 is 19.8 Å². The molecule has 0 heterocycles. The fraction of sp³-hybridized carbons (Fsp3) is 0. The molecule has 0 aliphatic rings. The molecule has 0 spiro atoms. The summed E-state index contributed by atoms with van der Waals surface area (Å²) >= 11 is 22.2. The van der Waals surface area contributed by atoms with Crippen molar-refractivity contribution in [3.63, 3.8) is 0 Å². The van der Waals surface area contributed by atoms with Gasteiger partial charge in [-0.3, -0.25) is 0 Å². The highest BCUT2D eigenvalue weighted by atomic mass is 35.5. The summed E-state index contributed by atoms with van der Waals surface area (Å²) in [6, 6.07) is 8.60. The zero-order valence-electron chi connectivity index (χ0n) is 10.7. The van der Waals surface area contributed by atoms with Gasteiger partial charge in [0.2, 0.25) is 0 Å². The van der Waals surface area contributed by atoms with Crippen LogP contribution < -0.4 is 0 Å². The van der Waals surface area contributed by atoms with Gasteiger partial charge in [0, 0.05) is 10.0 Å². The van der Waals surface area contributed by atoms with Crippen LogP contribution in [-0.4, -0.2) is 22.2 Å². The molecule has 0 saturated carbocycles. The molecule has 2 rings (SSSR count). The molecule has 4 nitrogen and oxygen atoms in total. The van der Waals surface area contributed by atoms with Crippen LogP contribution in [0.3, 0.4) is 0 Å². The lowest BCUT2D eigenvalue weighted by atomic mass is 10.2. The summed E-state index contributed by atoms with van der Waals surface area (Å²) in [4.78, 5) is 20.9. The maximum absolute atomic E-state index is 10.4. The second-order valence-corrected chi connectivity index (χ2v) is 5.55. The fourth-order valence-electron chi connectivity index (χ4n) is 1.32. The number of carboxylic acids is 2. The molecule has 0 fully saturated rings. The number of carboxylic acid groups (broad SMARTS) is 2. The molecule has 2 aromatic carbocycles. The smallest absolute Gasteiger partial charge is 0.337 e. The molecule has 0 bridgehead atoms. The number of rotatable bonds is 2. The standard InChI is InChI=1S/2C7H4Cl2O2/c2*8-4-1-2-6(9)5(3-4)7(10)11/h2*1-3H,(H,10,11). The van der Waals surface area contributed by atoms with Crippen LogP contribution in [0.25, 0.3) is 0 Å². The Kier molecular flexibility index (Phi) is 6.97. The van der Waals surface area contributed by atoms with Crippen LogP contribution in [0.4, 0.5) is 0 Å². The molecule has 116 valence electrons. The summed E-state index contributed by atoms with van der Waals surface area (Å²) in [7, 11) is 0. The zero-order valence-corrected chi connectivity index (χ0v) is 13.7. The molecule has 0 aliphatic carbocycles. The number of aromatic carboxylic acids is 2. The third-order valence-electron chi connectivity index (χ3n) is 2.32. The highest BCUT2D eigenvalue weighted by Gasteiger charge is 2.08. The van der Waals surface area contributed by atoms with Gasteiger partial charge in [-0.05, 0) is 36.4 Å². The van der Waals surface area contributed by atoms with Crippen molar-refractivity contribution in [2.75, 3.05) is 0 Å². The van der Waals surface area contributed by atoms with E-state index < -0.39 is 11.9 Å². The second kappa shape index (κ2) is 8.25. The largest absolute Gasteiger partial charge is 0.478 e. The Morgan fingerprint density at radius 3 is 1.23 bits per heavy atom. The molecule has 2 aromatic rings. The SMILES string of the molecule is O=C(O)c1cc(Cl)ccc1Cl.O=C(O)c1cc(Cl)ccc1Cl. The van der Waals surface area contributed by atoms with Gasteiger partial charge in [-0.25, -0.2) is 9.59 Å². The molecule has 8 heteroatoms. The summed E-state index contributed by atoms with van der Waals surface area (Å²) < 4.78 is 0. The van der Waals surface area contributed by atoms with Crippen molar-refractivity contribution in [2.24, 2.45) is 0 Å². The Bertz CT molecular complexity index is 654. The van der Waals surface area contributed by atoms with Gasteiger partial charge < -0.3 is 10.2 Å². The van der Waals surface area contributed by atoms with E-state index in [0.717, 1.165) is 0 Å². The highest BCUT2D eigenvalue weighted by molar-refractivity contribution is 6.36. The van der Waals surface area contributed by atoms with Gasteiger partial charge in [0.15, 0.2) is 0 Å². The number of halogens is 4. The normalized spacial score (nSPS) is 9.64. The molecule has 0 atom stereocenters. The van der Waals surface area contributed by atoms with Gasteiger partial charge in [-0.2, -0.15) is 0 Å². The van der Waals surface area contributed by atoms with Gasteiger partial charge >= 0.3 is 11.9 Å². The lowest BCUT2D eigenvalue weighted by Crippen LogP contribution is -1.96. The van der Waals surface area contributed by atoms with Gasteiger partial charge in [0.05, 0.1) is 21.2 Å². The Hall–Kier alpha value is -1.46. The first-order valence-corrected chi connectivity index (χ1v) is 7.10. The van der Waals surface area contributed by atoms with E-state index in [4.69, 9.17) is 56.6 Å². The van der Waals surface area contributed by atoms with Crippen molar-refractivity contribution in [1.82, 2.24) is 0 Å². The number of hydrogen-bond donors (Lipinski definition) is 2. The van der Waals surface area contributed by atoms with E-state index in [1.165, 1.54) is 36.4 Å². The van der Waals surface area contributed by atoms with Crippen LogP contribution in [0.1, 0.15) is 20.7 Å². The van der Waals surface area contributed by atoms with Crippen LogP contribution in [0.15, 0.2) is 36.4 Å². The predicted octanol–water partition coefficient (Wildman–Crippen LogP) is 5.38. The number of hydrogen-bond acceptors (Lipinski definition) is 2. The molecular weight excluding hydrogens is 374 g/mol. The first kappa shape index (κ1) is 18.6. The molecule has 0 unspecified atom stereocenters. The van der Waals surface area contributed by atoms with E-state index in [2.05, 4.69) is 0 Å². The Morgan fingerprint density at radius 2 is 1.00 bits per heavy atom. The minimum absolute atomic E-state index is 0.0270. The minimum Gasteiger partial charge on any atom is -0.478 e. The monoisotopic (exact) mass is 380 g/mol. The summed E-state index contributed by atoms with van der Waals surface area (Å²) in [6.07, 6.45) is 0. The zero-order chi connectivity index (χ0) is 16.9. The molecule has 0 amide bonds. The number of benzene rings is 2. The Balaban J connectivity index is 0.000000220. The summed E-state index contributed by atoms with van der Waals surface area (Å²) in [6.45, 7) is 0. The number of carbonyl (C=O) groups is 2. The van der Waals surface area contributed by atoms with Crippen molar-refractivity contribution in [3.8, 4) is 0 Å². The summed E-state index contributed by atoms with van der Waals surface area (Å²) in [5.41, 5.74) is 0.0540. The third kappa shape index (κ3) is 5.39. The quantitative estimate of drug-likeness (QED) is 0.731. The molecule has 0 saturated heterocycles. The average molecular weight is 382 g/mol. The van der Waals surface area contributed by atoms with Gasteiger partial charge in [0.25, 0.3) is 0 Å². The molecule has 2 N–H and O–H groups in total. The van der Waals surface area contributed by atoms with Crippen molar-refractivity contribution in [3.05, 3.63) is 67.6 Å². The second-order valence-electron chi connectivity index (χ2n) is 3.86. The van der Waals surface area contributed by atoms with Crippen LogP contribution in [0, 0.1) is 0 Å². The highest BCUT2D eigenvalue weighted by Crippen LogP contribution is 2.20. The van der Waals surface area contributed by atoms with Crippen molar-refractivity contribution in [1.29, 1.82) is 0 Å². The maximum Gasteiger partial charge on any atom is 0.337 e. The molecular formula is C14H8Cl4O4. The van der Waals surface area contributed by atoms with E-state index in [-0.39, 0.29) is 21.2 Å². The predicted molar refractivity (Wildman–Crippen MR) is 86.8 cm³/mol. The van der Waals surface area contributed by atoms with E-state index >= 15 is 0 Å². The lowest BCUT2D eigenvalue weighted by molar-refractivity contribution is 0.0686. The van der Waals surface area contributed by atoms with Crippen LogP contribution in [-0.2, 0) is 0 Å². The van der Waals surface area contributed by atoms with Crippen LogP contribution >= 0.6 is 46.4 Å². The van der Waals surface area contributed by atoms with E-state index in [9.17, 15) is 9.59 Å². The minimum atomic E-state index is -1.07. The average Bonchev–Trinajstić information content (AvgIpc) is 2.44. The Morgan fingerprint density at radius 1 is 0.682 bits per heavy atom. The first-order chi connectivity index (χ1) is 10.2. The van der Waals surface area contributed by atoms with Crippen molar-refractivity contribution >= 4 is 58.3 Å². The fourth-order valence-corrected chi connectivity index (χ4v) is 2.06. The first-order valence-electron chi connectivity index (χ1n) is 5.59.